The highest BCUT2D eigenvalue weighted by atomic mass is 32.2. The van der Waals surface area contributed by atoms with E-state index in [0.717, 1.165) is 54.0 Å². The number of aryl methyl sites for hydroxylation is 1. The number of hydrogen-bond acceptors (Lipinski definition) is 3. The Labute approximate surface area is 173 Å². The number of rotatable bonds is 8. The highest BCUT2D eigenvalue weighted by Crippen LogP contribution is 2.34. The second-order valence-corrected chi connectivity index (χ2v) is 7.81. The van der Waals surface area contributed by atoms with Crippen molar-refractivity contribution in [2.45, 2.75) is 50.6 Å². The third-order valence-electron chi connectivity index (χ3n) is 4.39. The van der Waals surface area contributed by atoms with Gasteiger partial charge < -0.3 is 5.32 Å². The van der Waals surface area contributed by atoms with Gasteiger partial charge in [0, 0.05) is 10.6 Å². The normalized spacial score (nSPS) is 11.2. The van der Waals surface area contributed by atoms with E-state index in [9.17, 15) is 18.0 Å². The fourth-order valence-corrected chi connectivity index (χ4v) is 3.89. The molecule has 7 heteroatoms. The van der Waals surface area contributed by atoms with E-state index in [-0.39, 0.29) is 5.69 Å². The summed E-state index contributed by atoms with van der Waals surface area (Å²) in [5, 5.41) is 11.5. The second-order valence-electron chi connectivity index (χ2n) is 6.50. The molecule has 0 unspecified atom stereocenters. The molecule has 0 saturated carbocycles. The maximum atomic E-state index is 13.2. The molecule has 2 aromatic rings. The minimum absolute atomic E-state index is 0.0112. The summed E-state index contributed by atoms with van der Waals surface area (Å²) in [5.74, 6) is 0.333. The molecular formula is C22H23F3N2OS. The Hall–Kier alpha value is -2.46. The molecule has 3 nitrogen and oxygen atoms in total. The van der Waals surface area contributed by atoms with Crippen LogP contribution in [-0.2, 0) is 12.6 Å². The van der Waals surface area contributed by atoms with Crippen molar-refractivity contribution < 1.29 is 18.0 Å². The van der Waals surface area contributed by atoms with Crippen molar-refractivity contribution in [1.29, 1.82) is 5.26 Å². The number of nitriles is 1. The molecule has 0 heterocycles. The molecule has 0 atom stereocenters. The maximum absolute atomic E-state index is 13.2. The van der Waals surface area contributed by atoms with Gasteiger partial charge >= 0.3 is 6.18 Å². The molecule has 0 saturated heterocycles. The van der Waals surface area contributed by atoms with Gasteiger partial charge in [0.2, 0.25) is 0 Å². The van der Waals surface area contributed by atoms with Crippen LogP contribution in [0.25, 0.3) is 0 Å². The topological polar surface area (TPSA) is 52.9 Å². The van der Waals surface area contributed by atoms with Crippen molar-refractivity contribution in [3.8, 4) is 6.07 Å². The van der Waals surface area contributed by atoms with E-state index in [2.05, 4.69) is 12.2 Å². The Morgan fingerprint density at radius 3 is 2.55 bits per heavy atom. The minimum atomic E-state index is -4.67. The van der Waals surface area contributed by atoms with E-state index in [1.54, 1.807) is 6.07 Å². The molecule has 0 spiro atoms. The molecule has 0 radical (unpaired) electrons. The molecular weight excluding hydrogens is 397 g/mol. The standard InChI is InChI=1S/C22H23F3N2OS/c1-3-5-6-8-15-9-7-10-19(29-4-2)20(15)21(28)27-17-12-11-16(14-26)18(13-17)22(23,24)25/h7,9-13H,3-6,8H2,1-2H3,(H,27,28). The van der Waals surface area contributed by atoms with Gasteiger partial charge in [-0.25, -0.2) is 0 Å². The van der Waals surface area contributed by atoms with Gasteiger partial charge in [0.05, 0.1) is 22.8 Å². The average Bonchev–Trinajstić information content (AvgIpc) is 2.68. The minimum Gasteiger partial charge on any atom is -0.322 e. The summed E-state index contributed by atoms with van der Waals surface area (Å²) in [6.45, 7) is 4.08. The molecule has 29 heavy (non-hydrogen) atoms. The summed E-state index contributed by atoms with van der Waals surface area (Å²) in [7, 11) is 0. The number of unbranched alkanes of at least 4 members (excludes halogenated alkanes) is 2. The number of alkyl halides is 3. The van der Waals surface area contributed by atoms with Crippen LogP contribution >= 0.6 is 11.8 Å². The molecule has 2 aromatic carbocycles. The van der Waals surface area contributed by atoms with Crippen molar-refractivity contribution in [3.05, 3.63) is 58.7 Å². The number of halogens is 3. The Kier molecular flexibility index (Phi) is 8.15. The van der Waals surface area contributed by atoms with Crippen LogP contribution in [0.15, 0.2) is 41.3 Å². The molecule has 0 bridgehead atoms. The predicted molar refractivity (Wildman–Crippen MR) is 110 cm³/mol. The number of amides is 1. The summed E-state index contributed by atoms with van der Waals surface area (Å²) in [6, 6.07) is 10.4. The van der Waals surface area contributed by atoms with E-state index in [1.807, 2.05) is 25.1 Å². The first-order chi connectivity index (χ1) is 13.8. The van der Waals surface area contributed by atoms with Crippen LogP contribution in [-0.4, -0.2) is 11.7 Å². The number of carbonyl (C=O) groups is 1. The van der Waals surface area contributed by atoms with Gasteiger partial charge in [-0.15, -0.1) is 11.8 Å². The Balaban J connectivity index is 2.38. The fraction of sp³-hybridized carbons (Fsp3) is 0.364. The van der Waals surface area contributed by atoms with Gasteiger partial charge in [-0.1, -0.05) is 38.8 Å². The number of nitrogens with zero attached hydrogens (tertiary/aromatic N) is 1. The molecule has 154 valence electrons. The number of thioether (sulfide) groups is 1. The molecule has 2 rings (SSSR count). The Bertz CT molecular complexity index is 904. The fourth-order valence-electron chi connectivity index (χ4n) is 3.03. The first-order valence-electron chi connectivity index (χ1n) is 9.49. The third-order valence-corrected chi connectivity index (χ3v) is 5.33. The lowest BCUT2D eigenvalue weighted by molar-refractivity contribution is -0.137. The SMILES string of the molecule is CCCCCc1cccc(SCC)c1C(=O)Nc1ccc(C#N)c(C(F)(F)F)c1. The monoisotopic (exact) mass is 420 g/mol. The number of nitrogens with one attached hydrogen (secondary N) is 1. The van der Waals surface area contributed by atoms with Crippen LogP contribution in [0.3, 0.4) is 0 Å². The largest absolute Gasteiger partial charge is 0.417 e. The molecule has 0 fully saturated rings. The van der Waals surface area contributed by atoms with Crippen LogP contribution in [0, 0.1) is 11.3 Å². The number of anilines is 1. The van der Waals surface area contributed by atoms with Gasteiger partial charge in [0.15, 0.2) is 0 Å². The molecule has 1 amide bonds. The maximum Gasteiger partial charge on any atom is 0.417 e. The van der Waals surface area contributed by atoms with Gasteiger partial charge in [0.1, 0.15) is 0 Å². The first kappa shape index (κ1) is 22.8. The van der Waals surface area contributed by atoms with E-state index >= 15 is 0 Å². The molecule has 1 N–H and O–H groups in total. The summed E-state index contributed by atoms with van der Waals surface area (Å²) >= 11 is 1.52. The summed E-state index contributed by atoms with van der Waals surface area (Å²) in [6.07, 6.45) is -0.914. The Morgan fingerprint density at radius 2 is 1.93 bits per heavy atom. The summed E-state index contributed by atoms with van der Waals surface area (Å²) < 4.78 is 39.6. The van der Waals surface area contributed by atoms with E-state index in [4.69, 9.17) is 5.26 Å². The predicted octanol–water partition coefficient (Wildman–Crippen LogP) is 6.67. The zero-order valence-electron chi connectivity index (χ0n) is 16.4. The van der Waals surface area contributed by atoms with Crippen molar-refractivity contribution in [2.24, 2.45) is 0 Å². The number of carbonyl (C=O) groups excluding carboxylic acids is 1. The van der Waals surface area contributed by atoms with Crippen LogP contribution in [0.5, 0.6) is 0 Å². The quantitative estimate of drug-likeness (QED) is 0.383. The van der Waals surface area contributed by atoms with Gasteiger partial charge in [-0.3, -0.25) is 4.79 Å². The van der Waals surface area contributed by atoms with Crippen molar-refractivity contribution in [1.82, 2.24) is 0 Å². The van der Waals surface area contributed by atoms with E-state index in [1.165, 1.54) is 17.8 Å². The molecule has 0 aliphatic heterocycles. The summed E-state index contributed by atoms with van der Waals surface area (Å²) in [4.78, 5) is 13.8. The van der Waals surface area contributed by atoms with Crippen LogP contribution in [0.1, 0.15) is 60.2 Å². The van der Waals surface area contributed by atoms with Crippen LogP contribution in [0.2, 0.25) is 0 Å². The summed E-state index contributed by atoms with van der Waals surface area (Å²) in [5.41, 5.74) is -0.125. The zero-order chi connectivity index (χ0) is 21.4. The van der Waals surface area contributed by atoms with Gasteiger partial charge in [-0.2, -0.15) is 18.4 Å². The lowest BCUT2D eigenvalue weighted by Crippen LogP contribution is -2.17. The van der Waals surface area contributed by atoms with Gasteiger partial charge in [0.25, 0.3) is 5.91 Å². The van der Waals surface area contributed by atoms with Crippen molar-refractivity contribution in [2.75, 3.05) is 11.1 Å². The van der Waals surface area contributed by atoms with E-state index in [0.29, 0.717) is 5.56 Å². The van der Waals surface area contributed by atoms with Crippen molar-refractivity contribution >= 4 is 23.4 Å². The van der Waals surface area contributed by atoms with Crippen LogP contribution in [0.4, 0.5) is 18.9 Å². The highest BCUT2D eigenvalue weighted by molar-refractivity contribution is 7.99. The zero-order valence-corrected chi connectivity index (χ0v) is 17.2. The number of benzene rings is 2. The average molecular weight is 421 g/mol. The third kappa shape index (κ3) is 6.01. The second kappa shape index (κ2) is 10.4. The smallest absolute Gasteiger partial charge is 0.322 e. The van der Waals surface area contributed by atoms with Gasteiger partial charge in [-0.05, 0) is 48.4 Å². The molecule has 0 aromatic heterocycles. The molecule has 0 aliphatic carbocycles. The first-order valence-corrected chi connectivity index (χ1v) is 10.5. The Morgan fingerprint density at radius 1 is 1.17 bits per heavy atom. The lowest BCUT2D eigenvalue weighted by Gasteiger charge is -2.16. The highest BCUT2D eigenvalue weighted by Gasteiger charge is 2.34. The van der Waals surface area contributed by atoms with E-state index < -0.39 is 23.2 Å². The number of hydrogen-bond donors (Lipinski definition) is 1. The lowest BCUT2D eigenvalue weighted by atomic mass is 10.0. The van der Waals surface area contributed by atoms with Crippen LogP contribution < -0.4 is 5.32 Å². The molecule has 0 aliphatic rings. The van der Waals surface area contributed by atoms with Crippen molar-refractivity contribution in [3.63, 3.8) is 0 Å².